The number of anilines is 1. The summed E-state index contributed by atoms with van der Waals surface area (Å²) in [6, 6.07) is 4.99. The zero-order chi connectivity index (χ0) is 13.3. The minimum absolute atomic E-state index is 0.197. The maximum Gasteiger partial charge on any atom is 0.147 e. The van der Waals surface area contributed by atoms with Crippen molar-refractivity contribution in [1.82, 2.24) is 5.32 Å². The Bertz CT molecular complexity index is 452. The van der Waals surface area contributed by atoms with Gasteiger partial charge >= 0.3 is 0 Å². The van der Waals surface area contributed by atoms with Crippen LogP contribution in [0.3, 0.4) is 0 Å². The van der Waals surface area contributed by atoms with E-state index in [1.54, 1.807) is 12.1 Å². The molecule has 0 atom stereocenters. The van der Waals surface area contributed by atoms with Gasteiger partial charge in [-0.1, -0.05) is 30.9 Å². The first-order chi connectivity index (χ1) is 9.19. The Balaban J connectivity index is 1.81. The quantitative estimate of drug-likeness (QED) is 0.847. The van der Waals surface area contributed by atoms with E-state index < -0.39 is 0 Å². The van der Waals surface area contributed by atoms with E-state index in [1.807, 2.05) is 0 Å². The van der Waals surface area contributed by atoms with Crippen molar-refractivity contribution in [2.24, 2.45) is 0 Å². The molecule has 2 nitrogen and oxygen atoms in total. The smallest absolute Gasteiger partial charge is 0.147 e. The molecule has 1 N–H and O–H groups in total. The summed E-state index contributed by atoms with van der Waals surface area (Å²) < 4.78 is 14.0. The van der Waals surface area contributed by atoms with Crippen LogP contribution in [-0.4, -0.2) is 25.2 Å². The molecular weight excluding hydrogens is 263 g/mol. The van der Waals surface area contributed by atoms with E-state index in [0.717, 1.165) is 19.6 Å². The van der Waals surface area contributed by atoms with Gasteiger partial charge in [-0.2, -0.15) is 0 Å². The van der Waals surface area contributed by atoms with Crippen LogP contribution in [0.25, 0.3) is 0 Å². The molecule has 1 aliphatic heterocycles. The molecule has 3 rings (SSSR count). The summed E-state index contributed by atoms with van der Waals surface area (Å²) >= 11 is 5.83. The van der Waals surface area contributed by atoms with E-state index in [9.17, 15) is 4.39 Å². The summed E-state index contributed by atoms with van der Waals surface area (Å²) in [6.45, 7) is 2.70. The van der Waals surface area contributed by atoms with Crippen LogP contribution in [0.1, 0.15) is 32.1 Å². The lowest BCUT2D eigenvalue weighted by atomic mass is 9.80. The number of hydrogen-bond donors (Lipinski definition) is 1. The lowest BCUT2D eigenvalue weighted by Gasteiger charge is -2.47. The SMILES string of the molecule is Fc1cc(Cl)ccc1N1CCNC2(CCCCC2)C1. The Kier molecular flexibility index (Phi) is 3.68. The van der Waals surface area contributed by atoms with E-state index in [4.69, 9.17) is 11.6 Å². The lowest BCUT2D eigenvalue weighted by Crippen LogP contribution is -2.61. The van der Waals surface area contributed by atoms with Crippen LogP contribution in [-0.2, 0) is 0 Å². The monoisotopic (exact) mass is 282 g/mol. The van der Waals surface area contributed by atoms with E-state index in [-0.39, 0.29) is 11.4 Å². The molecule has 1 aromatic rings. The number of benzene rings is 1. The van der Waals surface area contributed by atoms with Crippen molar-refractivity contribution in [2.75, 3.05) is 24.5 Å². The van der Waals surface area contributed by atoms with Crippen molar-refractivity contribution in [1.29, 1.82) is 0 Å². The second kappa shape index (κ2) is 5.29. The molecule has 19 heavy (non-hydrogen) atoms. The number of nitrogens with zero attached hydrogens (tertiary/aromatic N) is 1. The molecule has 1 aliphatic carbocycles. The summed E-state index contributed by atoms with van der Waals surface area (Å²) in [5.41, 5.74) is 0.888. The zero-order valence-electron chi connectivity index (χ0n) is 11.1. The van der Waals surface area contributed by atoms with Crippen LogP contribution in [0.15, 0.2) is 18.2 Å². The summed E-state index contributed by atoms with van der Waals surface area (Å²) in [5.74, 6) is -0.208. The highest BCUT2D eigenvalue weighted by Gasteiger charge is 2.36. The molecular formula is C15H20ClFN2. The lowest BCUT2D eigenvalue weighted by molar-refractivity contribution is 0.216. The van der Waals surface area contributed by atoms with Crippen LogP contribution >= 0.6 is 11.6 Å². The Morgan fingerprint density at radius 2 is 2.00 bits per heavy atom. The van der Waals surface area contributed by atoms with E-state index in [1.165, 1.54) is 38.2 Å². The molecule has 1 saturated carbocycles. The van der Waals surface area contributed by atoms with E-state index in [0.29, 0.717) is 10.7 Å². The number of hydrogen-bond acceptors (Lipinski definition) is 2. The van der Waals surface area contributed by atoms with Gasteiger partial charge in [-0.3, -0.25) is 0 Å². The fourth-order valence-electron chi connectivity index (χ4n) is 3.46. The standard InChI is InChI=1S/C15H20ClFN2/c16-12-4-5-14(13(17)10-12)19-9-8-18-15(11-19)6-2-1-3-7-15/h4-5,10,18H,1-3,6-9,11H2. The van der Waals surface area contributed by atoms with Gasteiger partial charge < -0.3 is 10.2 Å². The molecule has 1 spiro atoms. The summed E-state index contributed by atoms with van der Waals surface area (Å²) in [4.78, 5) is 2.17. The number of nitrogens with one attached hydrogen (secondary N) is 1. The van der Waals surface area contributed by atoms with Crippen molar-refractivity contribution in [3.8, 4) is 0 Å². The Hall–Kier alpha value is -0.800. The molecule has 0 unspecified atom stereocenters. The first-order valence-corrected chi connectivity index (χ1v) is 7.51. The highest BCUT2D eigenvalue weighted by atomic mass is 35.5. The number of piperazine rings is 1. The van der Waals surface area contributed by atoms with Gasteiger partial charge in [0.05, 0.1) is 5.69 Å². The third kappa shape index (κ3) is 2.72. The molecule has 0 amide bonds. The molecule has 1 heterocycles. The summed E-state index contributed by atoms with van der Waals surface area (Å²) in [5, 5.41) is 4.14. The van der Waals surface area contributed by atoms with Gasteiger partial charge in [0.1, 0.15) is 5.82 Å². The first-order valence-electron chi connectivity index (χ1n) is 7.14. The largest absolute Gasteiger partial charge is 0.366 e. The zero-order valence-corrected chi connectivity index (χ0v) is 11.8. The van der Waals surface area contributed by atoms with Gasteiger partial charge in [0.25, 0.3) is 0 Å². The van der Waals surface area contributed by atoms with Crippen LogP contribution in [0, 0.1) is 5.82 Å². The van der Waals surface area contributed by atoms with Crippen LogP contribution < -0.4 is 10.2 Å². The average Bonchev–Trinajstić information content (AvgIpc) is 2.39. The van der Waals surface area contributed by atoms with Crippen molar-refractivity contribution in [3.63, 3.8) is 0 Å². The third-order valence-electron chi connectivity index (χ3n) is 4.44. The normalized spacial score (nSPS) is 22.7. The predicted octanol–water partition coefficient (Wildman–Crippen LogP) is 3.59. The van der Waals surface area contributed by atoms with Gasteiger partial charge in [0.15, 0.2) is 0 Å². The molecule has 0 bridgehead atoms. The maximum atomic E-state index is 14.0. The topological polar surface area (TPSA) is 15.3 Å². The Morgan fingerprint density at radius 3 is 2.74 bits per heavy atom. The second-order valence-corrected chi connectivity index (χ2v) is 6.22. The van der Waals surface area contributed by atoms with Crippen molar-refractivity contribution >= 4 is 17.3 Å². The molecule has 4 heteroatoms. The minimum atomic E-state index is -0.208. The minimum Gasteiger partial charge on any atom is -0.366 e. The van der Waals surface area contributed by atoms with Gasteiger partial charge in [-0.25, -0.2) is 4.39 Å². The van der Waals surface area contributed by atoms with Crippen LogP contribution in [0.5, 0.6) is 0 Å². The van der Waals surface area contributed by atoms with Crippen molar-refractivity contribution < 1.29 is 4.39 Å². The molecule has 0 radical (unpaired) electrons. The summed E-state index contributed by atoms with van der Waals surface area (Å²) in [6.07, 6.45) is 6.31. The first kappa shape index (κ1) is 13.2. The van der Waals surface area contributed by atoms with Gasteiger partial charge in [0.2, 0.25) is 0 Å². The average molecular weight is 283 g/mol. The highest BCUT2D eigenvalue weighted by molar-refractivity contribution is 6.30. The molecule has 1 saturated heterocycles. The van der Waals surface area contributed by atoms with Crippen LogP contribution in [0.4, 0.5) is 10.1 Å². The van der Waals surface area contributed by atoms with E-state index >= 15 is 0 Å². The molecule has 0 aromatic heterocycles. The van der Waals surface area contributed by atoms with Crippen molar-refractivity contribution in [3.05, 3.63) is 29.0 Å². The van der Waals surface area contributed by atoms with Gasteiger partial charge in [-0.05, 0) is 31.0 Å². The molecule has 2 aliphatic rings. The molecule has 1 aromatic carbocycles. The van der Waals surface area contributed by atoms with Gasteiger partial charge in [0, 0.05) is 30.2 Å². The third-order valence-corrected chi connectivity index (χ3v) is 4.67. The Labute approximate surface area is 118 Å². The number of rotatable bonds is 1. The highest BCUT2D eigenvalue weighted by Crippen LogP contribution is 2.33. The summed E-state index contributed by atoms with van der Waals surface area (Å²) in [7, 11) is 0. The molecule has 2 fully saturated rings. The van der Waals surface area contributed by atoms with Crippen LogP contribution in [0.2, 0.25) is 5.02 Å². The fourth-order valence-corrected chi connectivity index (χ4v) is 3.62. The molecule has 104 valence electrons. The second-order valence-electron chi connectivity index (χ2n) is 5.79. The maximum absolute atomic E-state index is 14.0. The number of halogens is 2. The fraction of sp³-hybridized carbons (Fsp3) is 0.600. The van der Waals surface area contributed by atoms with Crippen molar-refractivity contribution in [2.45, 2.75) is 37.6 Å². The predicted molar refractivity (Wildman–Crippen MR) is 77.4 cm³/mol. The van der Waals surface area contributed by atoms with Gasteiger partial charge in [-0.15, -0.1) is 0 Å². The Morgan fingerprint density at radius 1 is 1.21 bits per heavy atom. The van der Waals surface area contributed by atoms with E-state index in [2.05, 4.69) is 10.2 Å².